The van der Waals surface area contributed by atoms with E-state index < -0.39 is 54.0 Å². The summed E-state index contributed by atoms with van der Waals surface area (Å²) in [6.45, 7) is 9.72. The first-order valence-corrected chi connectivity index (χ1v) is 17.3. The first-order valence-electron chi connectivity index (χ1n) is 17.3. The van der Waals surface area contributed by atoms with E-state index in [0.29, 0.717) is 45.2 Å². The molecule has 0 radical (unpaired) electrons. The van der Waals surface area contributed by atoms with Crippen LogP contribution < -0.4 is 10.6 Å². The average Bonchev–Trinajstić information content (AvgIpc) is 3.54. The van der Waals surface area contributed by atoms with E-state index in [1.54, 1.807) is 32.7 Å². The Balaban J connectivity index is 1.76. The Bertz CT molecular complexity index is 1130. The Morgan fingerprint density at radius 2 is 1.87 bits per heavy atom. The van der Waals surface area contributed by atoms with Gasteiger partial charge in [0, 0.05) is 50.1 Å². The van der Waals surface area contributed by atoms with Crippen LogP contribution in [-0.4, -0.2) is 125 Å². The van der Waals surface area contributed by atoms with E-state index in [-0.39, 0.29) is 42.7 Å². The van der Waals surface area contributed by atoms with E-state index in [2.05, 4.69) is 10.6 Å². The average molecular weight is 665 g/mol. The second-order valence-electron chi connectivity index (χ2n) is 14.7. The summed E-state index contributed by atoms with van der Waals surface area (Å²) in [5, 5.41) is 40.6. The van der Waals surface area contributed by atoms with Gasteiger partial charge in [0.15, 0.2) is 6.29 Å². The molecule has 0 saturated carbocycles. The van der Waals surface area contributed by atoms with Crippen molar-refractivity contribution >= 4 is 17.7 Å². The van der Waals surface area contributed by atoms with Gasteiger partial charge < -0.3 is 45.2 Å². The highest BCUT2D eigenvalue weighted by Gasteiger charge is 2.47. The normalized spacial score (nSPS) is 37.8. The van der Waals surface area contributed by atoms with Crippen molar-refractivity contribution in [3.05, 3.63) is 23.8 Å². The summed E-state index contributed by atoms with van der Waals surface area (Å²) >= 11 is 0. The van der Waals surface area contributed by atoms with Crippen molar-refractivity contribution in [1.82, 2.24) is 20.4 Å². The van der Waals surface area contributed by atoms with Gasteiger partial charge in [0.1, 0.15) is 6.10 Å². The molecule has 0 unspecified atom stereocenters. The van der Waals surface area contributed by atoms with Gasteiger partial charge in [-0.1, -0.05) is 39.0 Å². The van der Waals surface area contributed by atoms with Gasteiger partial charge in [-0.15, -0.1) is 0 Å². The number of aliphatic hydroxyl groups excluding tert-OH is 2. The highest BCUT2D eigenvalue weighted by Crippen LogP contribution is 2.35. The zero-order valence-electron chi connectivity index (χ0n) is 29.6. The Morgan fingerprint density at radius 3 is 2.51 bits per heavy atom. The van der Waals surface area contributed by atoms with Crippen LogP contribution in [0.1, 0.15) is 79.6 Å². The molecule has 11 atom stereocenters. The molecule has 0 spiro atoms. The van der Waals surface area contributed by atoms with Gasteiger partial charge in [-0.3, -0.25) is 14.4 Å². The molecule has 1 aliphatic carbocycles. The van der Waals surface area contributed by atoms with Crippen molar-refractivity contribution in [2.75, 3.05) is 34.2 Å². The minimum absolute atomic E-state index is 0.0815. The number of hydrogen-bond donors (Lipinski definition) is 5. The Morgan fingerprint density at radius 1 is 1.17 bits per heavy atom. The highest BCUT2D eigenvalue weighted by molar-refractivity contribution is 5.94. The molecule has 3 aliphatic rings. The van der Waals surface area contributed by atoms with Crippen LogP contribution in [0, 0.1) is 17.8 Å². The molecule has 12 nitrogen and oxygen atoms in total. The number of unbranched alkanes of at least 4 members (excludes halogenated alkanes) is 1. The second-order valence-corrected chi connectivity index (χ2v) is 14.7. The number of likely N-dealkylation sites (N-methyl/N-ethyl adjacent to an activating group) is 1. The summed E-state index contributed by atoms with van der Waals surface area (Å²) in [6, 6.07) is -0.686. The number of amides is 3. The van der Waals surface area contributed by atoms with Crippen molar-refractivity contribution in [2.45, 2.75) is 128 Å². The quantitative estimate of drug-likeness (QED) is 0.231. The van der Waals surface area contributed by atoms with Crippen molar-refractivity contribution < 1.29 is 39.2 Å². The molecular weight excluding hydrogens is 604 g/mol. The van der Waals surface area contributed by atoms with Gasteiger partial charge in [0.25, 0.3) is 0 Å². The molecule has 5 N–H and O–H groups in total. The van der Waals surface area contributed by atoms with E-state index in [0.717, 1.165) is 5.57 Å². The Hall–Kier alpha value is -2.35. The first-order chi connectivity index (χ1) is 22.0. The number of rotatable bonds is 9. The molecule has 2 aliphatic heterocycles. The summed E-state index contributed by atoms with van der Waals surface area (Å²) in [5.41, 5.74) is -0.763. The molecule has 0 aromatic carbocycles. The zero-order valence-corrected chi connectivity index (χ0v) is 29.6. The van der Waals surface area contributed by atoms with Crippen LogP contribution in [0.15, 0.2) is 23.8 Å². The van der Waals surface area contributed by atoms with Crippen LogP contribution in [0.4, 0.5) is 0 Å². The van der Waals surface area contributed by atoms with Crippen molar-refractivity contribution in [3.8, 4) is 0 Å². The van der Waals surface area contributed by atoms with Crippen LogP contribution in [-0.2, 0) is 23.9 Å². The minimum Gasteiger partial charge on any atom is -0.392 e. The number of carbonyl (C=O) groups is 3. The molecule has 12 heteroatoms. The molecule has 0 aromatic heterocycles. The predicted octanol–water partition coefficient (Wildman–Crippen LogP) is 1.73. The SMILES string of the molecule is C[C@H]1CN(C)C(=O)C[C@H](CCCCNC(=O)C2=CC=CC2)NC(=O)[C@H](C)[C@@H](O)[C@H](C)[C@@H](O[C@@H]2O[C@H](C)C[C@H](N(C)C)[C@H]2O)[C@](C)(O)C1. The van der Waals surface area contributed by atoms with Gasteiger partial charge in [-0.2, -0.15) is 0 Å². The van der Waals surface area contributed by atoms with Gasteiger partial charge in [-0.25, -0.2) is 0 Å². The standard InChI is InChI=1S/C35H60N4O8/c1-21-19-35(5,45)31(47-34-30(42)27(38(6)7)17-22(2)46-34)23(3)29(41)24(4)32(43)37-26(18-28(40)39(8)20-21)15-11-12-16-36-33(44)25-13-9-10-14-25/h9-10,13,21-24,26-27,29-31,34,41-42,45H,11-12,14-20H2,1-8H3,(H,36,44)(H,37,43)/t21-,22-,23+,24-,26+,27+,29+,30-,31-,34+,35-/m1/s1. The molecule has 0 aromatic rings. The monoisotopic (exact) mass is 664 g/mol. The van der Waals surface area contributed by atoms with Crippen LogP contribution in [0.5, 0.6) is 0 Å². The Kier molecular flexibility index (Phi) is 14.4. The number of allylic oxidation sites excluding steroid dienone is 3. The third-order valence-corrected chi connectivity index (χ3v) is 9.98. The number of carbonyl (C=O) groups excluding carboxylic acids is 3. The molecular formula is C35H60N4O8. The fourth-order valence-corrected chi connectivity index (χ4v) is 7.25. The number of ether oxygens (including phenoxy) is 2. The fraction of sp³-hybridized carbons (Fsp3) is 0.800. The van der Waals surface area contributed by atoms with Crippen molar-refractivity contribution in [1.29, 1.82) is 0 Å². The summed E-state index contributed by atoms with van der Waals surface area (Å²) in [4.78, 5) is 42.7. The van der Waals surface area contributed by atoms with Crippen LogP contribution in [0.25, 0.3) is 0 Å². The lowest BCUT2D eigenvalue weighted by atomic mass is 9.77. The number of nitrogens with one attached hydrogen (secondary N) is 2. The molecule has 3 amide bonds. The van der Waals surface area contributed by atoms with Crippen LogP contribution >= 0.6 is 0 Å². The number of hydrogen-bond acceptors (Lipinski definition) is 9. The smallest absolute Gasteiger partial charge is 0.247 e. The maximum absolute atomic E-state index is 13.5. The fourth-order valence-electron chi connectivity index (χ4n) is 7.25. The molecule has 2 heterocycles. The maximum Gasteiger partial charge on any atom is 0.247 e. The topological polar surface area (TPSA) is 161 Å². The van der Waals surface area contributed by atoms with Gasteiger partial charge in [0.2, 0.25) is 17.7 Å². The third-order valence-electron chi connectivity index (χ3n) is 9.98. The van der Waals surface area contributed by atoms with E-state index in [1.165, 1.54) is 0 Å². The highest BCUT2D eigenvalue weighted by atomic mass is 16.7. The summed E-state index contributed by atoms with van der Waals surface area (Å²) in [6.07, 6.45) is 4.60. The summed E-state index contributed by atoms with van der Waals surface area (Å²) in [5.74, 6) is -2.37. The lowest BCUT2D eigenvalue weighted by molar-refractivity contribution is -0.299. The van der Waals surface area contributed by atoms with Gasteiger partial charge >= 0.3 is 0 Å². The molecule has 2 fully saturated rings. The third kappa shape index (κ3) is 10.8. The van der Waals surface area contributed by atoms with Gasteiger partial charge in [-0.05, 0) is 72.4 Å². The number of aliphatic hydroxyl groups is 3. The molecule has 0 bridgehead atoms. The van der Waals surface area contributed by atoms with Crippen molar-refractivity contribution in [3.63, 3.8) is 0 Å². The Labute approximate surface area is 280 Å². The summed E-state index contributed by atoms with van der Waals surface area (Å²) < 4.78 is 12.5. The molecule has 47 heavy (non-hydrogen) atoms. The largest absolute Gasteiger partial charge is 0.392 e. The lowest BCUT2D eigenvalue weighted by Gasteiger charge is -2.46. The van der Waals surface area contributed by atoms with Crippen LogP contribution in [0.2, 0.25) is 0 Å². The molecule has 3 rings (SSSR count). The minimum atomic E-state index is -1.50. The number of nitrogens with zero attached hydrogens (tertiary/aromatic N) is 2. The van der Waals surface area contributed by atoms with E-state index in [9.17, 15) is 29.7 Å². The zero-order chi connectivity index (χ0) is 35.1. The lowest BCUT2D eigenvalue weighted by Crippen LogP contribution is -2.59. The van der Waals surface area contributed by atoms with E-state index >= 15 is 0 Å². The summed E-state index contributed by atoms with van der Waals surface area (Å²) in [7, 11) is 5.48. The van der Waals surface area contributed by atoms with Crippen LogP contribution in [0.3, 0.4) is 0 Å². The first kappa shape index (κ1) is 39.1. The van der Waals surface area contributed by atoms with E-state index in [4.69, 9.17) is 9.47 Å². The second kappa shape index (κ2) is 17.3. The van der Waals surface area contributed by atoms with E-state index in [1.807, 2.05) is 51.1 Å². The molecule has 268 valence electrons. The van der Waals surface area contributed by atoms with Crippen molar-refractivity contribution in [2.24, 2.45) is 17.8 Å². The van der Waals surface area contributed by atoms with Gasteiger partial charge in [0.05, 0.1) is 29.8 Å². The maximum atomic E-state index is 13.5. The predicted molar refractivity (Wildman–Crippen MR) is 179 cm³/mol. The molecule has 2 saturated heterocycles.